The van der Waals surface area contributed by atoms with Crippen LogP contribution in [0.15, 0.2) is 71.9 Å². The molecule has 0 aliphatic carbocycles. The highest BCUT2D eigenvalue weighted by molar-refractivity contribution is 6.31. The number of amides is 2. The third-order valence-electron chi connectivity index (χ3n) is 5.70. The van der Waals surface area contributed by atoms with Crippen LogP contribution in [0.4, 0.5) is 5.69 Å². The molecule has 7 heteroatoms. The van der Waals surface area contributed by atoms with Gasteiger partial charge in [0.15, 0.2) is 5.78 Å². The Morgan fingerprint density at radius 1 is 0.931 bits per heavy atom. The largest absolute Gasteiger partial charge is 0.292 e. The summed E-state index contributed by atoms with van der Waals surface area (Å²) in [5, 5.41) is 6.47. The van der Waals surface area contributed by atoms with Crippen molar-refractivity contribution in [1.29, 1.82) is 0 Å². The quantitative estimate of drug-likeness (QED) is 0.581. The molecule has 2 amide bonds. The van der Waals surface area contributed by atoms with Crippen molar-refractivity contribution < 1.29 is 14.4 Å². The summed E-state index contributed by atoms with van der Waals surface area (Å²) in [5.41, 5.74) is 0.950. The topological polar surface area (TPSA) is 70.0 Å². The second-order valence-electron chi connectivity index (χ2n) is 7.24. The zero-order valence-electron chi connectivity index (χ0n) is 15.2. The minimum Gasteiger partial charge on any atom is -0.292 e. The average molecular weight is 406 g/mol. The van der Waals surface area contributed by atoms with Gasteiger partial charge in [-0.2, -0.15) is 5.10 Å². The van der Waals surface area contributed by atoms with E-state index in [-0.39, 0.29) is 17.6 Å². The Morgan fingerprint density at radius 2 is 1.62 bits per heavy atom. The van der Waals surface area contributed by atoms with Crippen LogP contribution in [0.25, 0.3) is 0 Å². The van der Waals surface area contributed by atoms with Gasteiger partial charge in [0.25, 0.3) is 0 Å². The lowest BCUT2D eigenvalue weighted by Crippen LogP contribution is -2.46. The number of allylic oxidation sites excluding steroid dienone is 1. The molecule has 0 unspecified atom stereocenters. The summed E-state index contributed by atoms with van der Waals surface area (Å²) in [5.74, 6) is -2.37. The fourth-order valence-electron chi connectivity index (χ4n) is 4.46. The number of hydrogen-bond acceptors (Lipinski definition) is 5. The molecule has 2 aromatic carbocycles. The molecule has 144 valence electrons. The number of carbonyl (C=O) groups excluding carboxylic acids is 3. The van der Waals surface area contributed by atoms with Crippen LogP contribution in [0.1, 0.15) is 10.4 Å². The lowest BCUT2D eigenvalue weighted by atomic mass is 9.86. The molecule has 0 bridgehead atoms. The van der Waals surface area contributed by atoms with E-state index in [2.05, 4.69) is 5.10 Å². The summed E-state index contributed by atoms with van der Waals surface area (Å²) in [6.45, 7) is 0. The molecule has 29 heavy (non-hydrogen) atoms. The monoisotopic (exact) mass is 405 g/mol. The second kappa shape index (κ2) is 6.67. The summed E-state index contributed by atoms with van der Waals surface area (Å²) < 4.78 is 0. The molecule has 6 nitrogen and oxygen atoms in total. The van der Waals surface area contributed by atoms with Gasteiger partial charge in [0, 0.05) is 16.8 Å². The van der Waals surface area contributed by atoms with Crippen molar-refractivity contribution in [2.24, 2.45) is 16.9 Å². The molecule has 5 rings (SSSR count). The summed E-state index contributed by atoms with van der Waals surface area (Å²) in [4.78, 5) is 41.2. The van der Waals surface area contributed by atoms with Crippen molar-refractivity contribution in [3.63, 3.8) is 0 Å². The van der Waals surface area contributed by atoms with E-state index in [1.54, 1.807) is 65.8 Å². The van der Waals surface area contributed by atoms with Crippen LogP contribution in [-0.4, -0.2) is 40.9 Å². The van der Waals surface area contributed by atoms with Crippen LogP contribution in [0.2, 0.25) is 5.02 Å². The van der Waals surface area contributed by atoms with Crippen LogP contribution < -0.4 is 4.90 Å². The zero-order valence-corrected chi connectivity index (χ0v) is 15.9. The highest BCUT2D eigenvalue weighted by Crippen LogP contribution is 2.46. The van der Waals surface area contributed by atoms with E-state index in [9.17, 15) is 14.4 Å². The molecule has 2 aromatic rings. The number of carbonyl (C=O) groups is 3. The molecule has 3 heterocycles. The first-order valence-electron chi connectivity index (χ1n) is 9.29. The van der Waals surface area contributed by atoms with Gasteiger partial charge in [-0.1, -0.05) is 48.0 Å². The maximum atomic E-state index is 13.4. The number of imide groups is 1. The predicted octanol–water partition coefficient (Wildman–Crippen LogP) is 2.94. The minimum absolute atomic E-state index is 0.213. The van der Waals surface area contributed by atoms with Crippen molar-refractivity contribution in [3.05, 3.63) is 77.3 Å². The number of Topliss-reactive ketones (excluding diaryl/α,β-unsaturated/α-hetero) is 1. The van der Waals surface area contributed by atoms with Crippen LogP contribution >= 0.6 is 11.6 Å². The highest BCUT2D eigenvalue weighted by Gasteiger charge is 2.64. The van der Waals surface area contributed by atoms with E-state index in [0.29, 0.717) is 16.3 Å². The molecule has 2 saturated heterocycles. The molecule has 4 atom stereocenters. The number of hydrazone groups is 1. The number of nitrogens with zero attached hydrogens (tertiary/aromatic N) is 3. The number of rotatable bonds is 3. The third kappa shape index (κ3) is 2.63. The number of hydrogen-bond donors (Lipinski definition) is 0. The molecule has 0 radical (unpaired) electrons. The molecular formula is C22H16ClN3O3. The first kappa shape index (κ1) is 17.8. The molecule has 0 saturated carbocycles. The van der Waals surface area contributed by atoms with Crippen molar-refractivity contribution in [2.75, 3.05) is 4.90 Å². The minimum atomic E-state index is -0.831. The van der Waals surface area contributed by atoms with Crippen LogP contribution in [-0.2, 0) is 9.59 Å². The van der Waals surface area contributed by atoms with Crippen LogP contribution in [0.3, 0.4) is 0 Å². The van der Waals surface area contributed by atoms with E-state index in [1.165, 1.54) is 4.90 Å². The fraction of sp³-hybridized carbons (Fsp3) is 0.182. The van der Waals surface area contributed by atoms with Crippen LogP contribution in [0, 0.1) is 11.8 Å². The number of ketones is 1. The Bertz CT molecular complexity index is 1060. The fourth-order valence-corrected chi connectivity index (χ4v) is 4.58. The molecule has 0 N–H and O–H groups in total. The standard InChI is InChI=1S/C22H16ClN3O3/c23-14-8-10-15(11-9-14)25-21(28)17-16-7-4-12-24-26(16)19(18(17)22(25)29)20(27)13-5-2-1-3-6-13/h1-12,16-19H/t16-,17-,18-,19-/m1/s1. The SMILES string of the molecule is O=C(c1ccccc1)[C@H]1[C@@H]2C(=O)N(c3ccc(Cl)cc3)C(=O)[C@@H]2[C@H]2C=CC=NN21. The Hall–Kier alpha value is -3.25. The number of fused-ring (bicyclic) bond motifs is 3. The van der Waals surface area contributed by atoms with Gasteiger partial charge in [0.2, 0.25) is 11.8 Å². The number of anilines is 1. The van der Waals surface area contributed by atoms with Crippen molar-refractivity contribution in [3.8, 4) is 0 Å². The van der Waals surface area contributed by atoms with Gasteiger partial charge in [0.05, 0.1) is 23.6 Å². The summed E-state index contributed by atoms with van der Waals surface area (Å²) in [6, 6.07) is 14.1. The summed E-state index contributed by atoms with van der Waals surface area (Å²) in [7, 11) is 0. The van der Waals surface area contributed by atoms with Crippen LogP contribution in [0.5, 0.6) is 0 Å². The number of halogens is 1. The van der Waals surface area contributed by atoms with Crippen molar-refractivity contribution >= 4 is 41.1 Å². The van der Waals surface area contributed by atoms with Crippen molar-refractivity contribution in [2.45, 2.75) is 12.1 Å². The van der Waals surface area contributed by atoms with Gasteiger partial charge in [-0.15, -0.1) is 0 Å². The zero-order chi connectivity index (χ0) is 20.1. The Balaban J connectivity index is 1.58. The highest BCUT2D eigenvalue weighted by atomic mass is 35.5. The van der Waals surface area contributed by atoms with Crippen molar-refractivity contribution in [1.82, 2.24) is 5.01 Å². The third-order valence-corrected chi connectivity index (χ3v) is 5.95. The smallest absolute Gasteiger partial charge is 0.240 e. The normalized spacial score (nSPS) is 27.3. The number of benzene rings is 2. The van der Waals surface area contributed by atoms with Gasteiger partial charge < -0.3 is 0 Å². The van der Waals surface area contributed by atoms with Gasteiger partial charge in [-0.3, -0.25) is 19.4 Å². The van der Waals surface area contributed by atoms with E-state index in [4.69, 9.17) is 11.6 Å². The second-order valence-corrected chi connectivity index (χ2v) is 7.67. The molecule has 3 aliphatic rings. The van der Waals surface area contributed by atoms with Gasteiger partial charge in [-0.05, 0) is 30.3 Å². The maximum absolute atomic E-state index is 13.4. The van der Waals surface area contributed by atoms with E-state index in [0.717, 1.165) is 0 Å². The lowest BCUT2D eigenvalue weighted by Gasteiger charge is -2.30. The molecule has 0 spiro atoms. The van der Waals surface area contributed by atoms with Gasteiger partial charge in [-0.25, -0.2) is 4.90 Å². The predicted molar refractivity (Wildman–Crippen MR) is 109 cm³/mol. The van der Waals surface area contributed by atoms with E-state index >= 15 is 0 Å². The van der Waals surface area contributed by atoms with E-state index < -0.39 is 23.9 Å². The molecule has 3 aliphatic heterocycles. The summed E-state index contributed by atoms with van der Waals surface area (Å²) in [6.07, 6.45) is 5.16. The molecule has 2 fully saturated rings. The molecular weight excluding hydrogens is 390 g/mol. The lowest BCUT2D eigenvalue weighted by molar-refractivity contribution is -0.123. The first-order valence-corrected chi connectivity index (χ1v) is 9.67. The molecule has 0 aromatic heterocycles. The van der Waals surface area contributed by atoms with Gasteiger partial charge >= 0.3 is 0 Å². The first-order chi connectivity index (χ1) is 14.1. The maximum Gasteiger partial charge on any atom is 0.240 e. The Labute approximate surface area is 172 Å². The van der Waals surface area contributed by atoms with E-state index in [1.807, 2.05) is 12.1 Å². The Kier molecular flexibility index (Phi) is 4.10. The van der Waals surface area contributed by atoms with Gasteiger partial charge in [0.1, 0.15) is 6.04 Å². The summed E-state index contributed by atoms with van der Waals surface area (Å²) >= 11 is 5.95. The Morgan fingerprint density at radius 3 is 2.34 bits per heavy atom. The average Bonchev–Trinajstić information content (AvgIpc) is 3.22.